The van der Waals surface area contributed by atoms with Gasteiger partial charge in [-0.3, -0.25) is 14.5 Å². The second-order valence-corrected chi connectivity index (χ2v) is 11.8. The highest BCUT2D eigenvalue weighted by Crippen LogP contribution is 2.42. The molecule has 0 aromatic heterocycles. The Bertz CT molecular complexity index is 1450. The molecule has 2 heterocycles. The molecule has 0 bridgehead atoms. The van der Waals surface area contributed by atoms with Gasteiger partial charge in [0, 0.05) is 36.8 Å². The molecule has 2 fully saturated rings. The molecule has 0 radical (unpaired) electrons. The minimum absolute atomic E-state index is 0.0399. The van der Waals surface area contributed by atoms with Crippen LogP contribution in [0, 0.1) is 5.92 Å². The number of likely N-dealkylation sites (N-methyl/N-ethyl adjacent to an activating group) is 1. The van der Waals surface area contributed by atoms with Gasteiger partial charge in [0.2, 0.25) is 5.91 Å². The Morgan fingerprint density at radius 1 is 0.978 bits per heavy atom. The van der Waals surface area contributed by atoms with Crippen LogP contribution in [-0.2, 0) is 32.2 Å². The van der Waals surface area contributed by atoms with Crippen LogP contribution in [0.15, 0.2) is 78.9 Å². The van der Waals surface area contributed by atoms with Crippen molar-refractivity contribution in [2.45, 2.75) is 63.6 Å². The normalized spacial score (nSPS) is 23.7. The second-order valence-electron chi connectivity index (χ2n) is 11.8. The largest absolute Gasteiger partial charge is 0.471 e. The third kappa shape index (κ3) is 7.91. The van der Waals surface area contributed by atoms with E-state index in [1.165, 1.54) is 5.56 Å². The number of benzene rings is 3. The van der Waals surface area contributed by atoms with Crippen molar-refractivity contribution in [1.82, 2.24) is 9.80 Å². The van der Waals surface area contributed by atoms with Gasteiger partial charge < -0.3 is 24.8 Å². The Labute approximate surface area is 260 Å². The van der Waals surface area contributed by atoms with Crippen molar-refractivity contribution >= 4 is 17.5 Å². The number of likely N-dealkylation sites (tertiary alicyclic amines) is 1. The summed E-state index contributed by atoms with van der Waals surface area (Å²) in [6.45, 7) is 3.22. The van der Waals surface area contributed by atoms with E-state index in [9.17, 15) is 27.9 Å². The monoisotopic (exact) mass is 625 g/mol. The molecule has 2 N–H and O–H groups in total. The van der Waals surface area contributed by atoms with Crippen LogP contribution in [0.4, 0.5) is 18.9 Å². The Morgan fingerprint density at radius 2 is 1.71 bits per heavy atom. The summed E-state index contributed by atoms with van der Waals surface area (Å²) in [6, 6.07) is 23.3. The molecule has 5 rings (SSSR count). The lowest BCUT2D eigenvalue weighted by atomic mass is 9.90. The Kier molecular flexibility index (Phi) is 10.2. The summed E-state index contributed by atoms with van der Waals surface area (Å²) >= 11 is 0. The third-order valence-corrected chi connectivity index (χ3v) is 8.40. The van der Waals surface area contributed by atoms with Gasteiger partial charge in [-0.25, -0.2) is 0 Å². The summed E-state index contributed by atoms with van der Waals surface area (Å²) in [4.78, 5) is 27.7. The molecule has 8 nitrogen and oxygen atoms in total. The van der Waals surface area contributed by atoms with Crippen molar-refractivity contribution in [3.05, 3.63) is 101 Å². The standard InChI is InChI=1S/C34H38F3N3O5/c1-22-29(20-39(2)19-23-8-4-3-5-9-23)44-32(45-30(22)25-15-13-24(21-41)14-16-25)26-10-6-11-27(18-26)38-31(42)28-12-7-17-40(28)33(43)34(35,36)37/h3-6,8-11,13-16,18,22,28-30,32,41H,7,12,17,19-21H2,1-2H3,(H,38,42)/t22-,28+,29+,30+,32+/m1/s1. The Hall–Kier alpha value is -3.77. The lowest BCUT2D eigenvalue weighted by Crippen LogP contribution is -2.48. The number of amides is 2. The zero-order chi connectivity index (χ0) is 32.1. The van der Waals surface area contributed by atoms with Gasteiger partial charge in [-0.05, 0) is 48.7 Å². The SMILES string of the molecule is C[C@@H]1[C@H](CN(C)Cc2ccccc2)O[C@H](c2cccc(NC(=O)[C@@H]3CCCN3C(=O)C(F)(F)F)c2)O[C@@H]1c1ccc(CO)cc1. The molecule has 3 aromatic rings. The highest BCUT2D eigenvalue weighted by Gasteiger charge is 2.47. The van der Waals surface area contributed by atoms with Crippen LogP contribution in [-0.4, -0.2) is 65.2 Å². The summed E-state index contributed by atoms with van der Waals surface area (Å²) in [7, 11) is 2.03. The van der Waals surface area contributed by atoms with Crippen molar-refractivity contribution < 1.29 is 37.3 Å². The summed E-state index contributed by atoms with van der Waals surface area (Å²) in [5, 5.41) is 12.2. The number of nitrogens with zero attached hydrogens (tertiary/aromatic N) is 2. The molecule has 2 aliphatic heterocycles. The molecule has 0 spiro atoms. The summed E-state index contributed by atoms with van der Waals surface area (Å²) in [5.74, 6) is -2.72. The quantitative estimate of drug-likeness (QED) is 0.322. The fourth-order valence-electron chi connectivity index (χ4n) is 6.03. The van der Waals surface area contributed by atoms with E-state index in [4.69, 9.17) is 9.47 Å². The molecule has 2 amide bonds. The number of anilines is 1. The van der Waals surface area contributed by atoms with Gasteiger partial charge in [-0.2, -0.15) is 13.2 Å². The zero-order valence-corrected chi connectivity index (χ0v) is 25.2. The zero-order valence-electron chi connectivity index (χ0n) is 25.2. The van der Waals surface area contributed by atoms with Crippen molar-refractivity contribution in [1.29, 1.82) is 0 Å². The van der Waals surface area contributed by atoms with E-state index in [1.807, 2.05) is 55.6 Å². The first-order chi connectivity index (χ1) is 21.5. The van der Waals surface area contributed by atoms with E-state index in [0.717, 1.165) is 17.7 Å². The minimum Gasteiger partial charge on any atom is -0.392 e. The summed E-state index contributed by atoms with van der Waals surface area (Å²) in [5.41, 5.74) is 3.88. The van der Waals surface area contributed by atoms with Gasteiger partial charge in [0.25, 0.3) is 0 Å². The number of alkyl halides is 3. The lowest BCUT2D eigenvalue weighted by molar-refractivity contribution is -0.276. The number of nitrogens with one attached hydrogen (secondary N) is 1. The van der Waals surface area contributed by atoms with Gasteiger partial charge in [-0.15, -0.1) is 0 Å². The predicted octanol–water partition coefficient (Wildman–Crippen LogP) is 5.59. The minimum atomic E-state index is -5.05. The van der Waals surface area contributed by atoms with Crippen molar-refractivity contribution in [3.63, 3.8) is 0 Å². The van der Waals surface area contributed by atoms with Crippen LogP contribution in [0.5, 0.6) is 0 Å². The molecule has 0 unspecified atom stereocenters. The van der Waals surface area contributed by atoms with Gasteiger partial charge in [0.1, 0.15) is 6.04 Å². The number of hydrogen-bond acceptors (Lipinski definition) is 6. The summed E-state index contributed by atoms with van der Waals surface area (Å²) < 4.78 is 52.4. The molecule has 0 saturated carbocycles. The number of halogens is 3. The van der Waals surface area contributed by atoms with Crippen molar-refractivity contribution in [2.24, 2.45) is 5.92 Å². The number of aliphatic hydroxyl groups excluding tert-OH is 1. The maximum atomic E-state index is 13.1. The number of carbonyl (C=O) groups is 2. The van der Waals surface area contributed by atoms with Crippen molar-refractivity contribution in [3.8, 4) is 0 Å². The maximum Gasteiger partial charge on any atom is 0.471 e. The number of rotatable bonds is 9. The van der Waals surface area contributed by atoms with Gasteiger partial charge in [0.15, 0.2) is 6.29 Å². The fourth-order valence-corrected chi connectivity index (χ4v) is 6.03. The van der Waals surface area contributed by atoms with Crippen LogP contribution in [0.1, 0.15) is 54.4 Å². The molecule has 3 aromatic carbocycles. The second kappa shape index (κ2) is 14.1. The van der Waals surface area contributed by atoms with Crippen LogP contribution in [0.2, 0.25) is 0 Å². The molecule has 0 aliphatic carbocycles. The van der Waals surface area contributed by atoms with E-state index in [0.29, 0.717) is 29.1 Å². The molecular weight excluding hydrogens is 587 g/mol. The average Bonchev–Trinajstić information content (AvgIpc) is 3.52. The van der Waals surface area contributed by atoms with E-state index in [-0.39, 0.29) is 37.7 Å². The first kappa shape index (κ1) is 32.6. The average molecular weight is 626 g/mol. The van der Waals surface area contributed by atoms with Crippen LogP contribution in [0.25, 0.3) is 0 Å². The van der Waals surface area contributed by atoms with Crippen LogP contribution >= 0.6 is 0 Å². The number of hydrogen-bond donors (Lipinski definition) is 2. The molecule has 240 valence electrons. The van der Waals surface area contributed by atoms with E-state index >= 15 is 0 Å². The molecule has 11 heteroatoms. The van der Waals surface area contributed by atoms with E-state index in [2.05, 4.69) is 29.3 Å². The van der Waals surface area contributed by atoms with Gasteiger partial charge in [-0.1, -0.05) is 73.7 Å². The van der Waals surface area contributed by atoms with Crippen LogP contribution < -0.4 is 5.32 Å². The molecular formula is C34H38F3N3O5. The first-order valence-electron chi connectivity index (χ1n) is 15.0. The Morgan fingerprint density at radius 3 is 2.40 bits per heavy atom. The predicted molar refractivity (Wildman–Crippen MR) is 162 cm³/mol. The molecule has 2 saturated heterocycles. The first-order valence-corrected chi connectivity index (χ1v) is 15.0. The maximum absolute atomic E-state index is 13.1. The van der Waals surface area contributed by atoms with E-state index in [1.54, 1.807) is 18.2 Å². The highest BCUT2D eigenvalue weighted by atomic mass is 19.4. The molecule has 5 atom stereocenters. The number of carbonyl (C=O) groups excluding carboxylic acids is 2. The van der Waals surface area contributed by atoms with Crippen LogP contribution in [0.3, 0.4) is 0 Å². The van der Waals surface area contributed by atoms with E-state index < -0.39 is 30.3 Å². The number of ether oxygens (including phenoxy) is 2. The molecule has 2 aliphatic rings. The highest BCUT2D eigenvalue weighted by molar-refractivity contribution is 5.98. The summed E-state index contributed by atoms with van der Waals surface area (Å²) in [6.07, 6.45) is -5.97. The van der Waals surface area contributed by atoms with Gasteiger partial charge in [0.05, 0.1) is 18.8 Å². The third-order valence-electron chi connectivity index (χ3n) is 8.40. The molecule has 45 heavy (non-hydrogen) atoms. The Balaban J connectivity index is 1.35. The fraction of sp³-hybridized carbons (Fsp3) is 0.412. The van der Waals surface area contributed by atoms with Gasteiger partial charge >= 0.3 is 12.1 Å². The topological polar surface area (TPSA) is 91.3 Å². The number of aliphatic hydroxyl groups is 1. The van der Waals surface area contributed by atoms with Crippen molar-refractivity contribution in [2.75, 3.05) is 25.5 Å². The lowest BCUT2D eigenvalue weighted by Gasteiger charge is -2.42. The smallest absolute Gasteiger partial charge is 0.392 e.